The van der Waals surface area contributed by atoms with Crippen LogP contribution < -0.4 is 10.6 Å². The Labute approximate surface area is 137 Å². The van der Waals surface area contributed by atoms with Crippen molar-refractivity contribution in [1.29, 1.82) is 0 Å². The van der Waals surface area contributed by atoms with E-state index in [9.17, 15) is 14.0 Å². The van der Waals surface area contributed by atoms with Crippen molar-refractivity contribution in [3.63, 3.8) is 0 Å². The molecule has 7 heteroatoms. The highest BCUT2D eigenvalue weighted by Crippen LogP contribution is 2.27. The van der Waals surface area contributed by atoms with Crippen molar-refractivity contribution >= 4 is 23.2 Å². The quantitative estimate of drug-likeness (QED) is 0.852. The molecule has 1 aromatic carbocycles. The van der Waals surface area contributed by atoms with Crippen molar-refractivity contribution in [1.82, 2.24) is 15.6 Å². The van der Waals surface area contributed by atoms with Gasteiger partial charge in [-0.1, -0.05) is 6.92 Å². The van der Waals surface area contributed by atoms with Gasteiger partial charge in [0.1, 0.15) is 15.7 Å². The molecule has 0 fully saturated rings. The second kappa shape index (κ2) is 7.82. The van der Waals surface area contributed by atoms with Crippen LogP contribution in [0.2, 0.25) is 0 Å². The van der Waals surface area contributed by atoms with E-state index in [2.05, 4.69) is 15.6 Å². The van der Waals surface area contributed by atoms with Gasteiger partial charge in [0.05, 0.1) is 12.2 Å². The lowest BCUT2D eigenvalue weighted by Gasteiger charge is -2.04. The Kier molecular flexibility index (Phi) is 5.81. The first-order chi connectivity index (χ1) is 11.0. The van der Waals surface area contributed by atoms with E-state index in [4.69, 9.17) is 0 Å². The Morgan fingerprint density at radius 1 is 1.22 bits per heavy atom. The van der Waals surface area contributed by atoms with Crippen LogP contribution >= 0.6 is 11.3 Å². The molecular formula is C16H18FN3O2S. The van der Waals surface area contributed by atoms with E-state index in [1.807, 2.05) is 6.92 Å². The highest BCUT2D eigenvalue weighted by molar-refractivity contribution is 7.17. The molecule has 0 aliphatic heterocycles. The molecule has 1 aromatic heterocycles. The van der Waals surface area contributed by atoms with Crippen LogP contribution in [0.25, 0.3) is 10.6 Å². The summed E-state index contributed by atoms with van der Waals surface area (Å²) in [5, 5.41) is 5.91. The molecule has 0 saturated heterocycles. The second-order valence-corrected chi connectivity index (χ2v) is 5.97. The van der Waals surface area contributed by atoms with Gasteiger partial charge in [-0.3, -0.25) is 9.59 Å². The van der Waals surface area contributed by atoms with Crippen molar-refractivity contribution in [2.45, 2.75) is 20.3 Å². The van der Waals surface area contributed by atoms with E-state index in [-0.39, 0.29) is 24.2 Å². The Balaban J connectivity index is 2.04. The van der Waals surface area contributed by atoms with E-state index in [1.54, 1.807) is 19.1 Å². The fourth-order valence-corrected chi connectivity index (χ4v) is 2.88. The molecule has 0 radical (unpaired) electrons. The van der Waals surface area contributed by atoms with E-state index in [0.717, 1.165) is 12.0 Å². The maximum Gasteiger partial charge on any atom is 0.263 e. The third kappa shape index (κ3) is 4.59. The number of benzene rings is 1. The summed E-state index contributed by atoms with van der Waals surface area (Å²) in [5.41, 5.74) is 1.33. The smallest absolute Gasteiger partial charge is 0.263 e. The van der Waals surface area contributed by atoms with Crippen molar-refractivity contribution in [2.24, 2.45) is 0 Å². The molecular weight excluding hydrogens is 317 g/mol. The topological polar surface area (TPSA) is 71.1 Å². The number of aromatic nitrogens is 1. The molecule has 2 amide bonds. The monoisotopic (exact) mass is 335 g/mol. The largest absolute Gasteiger partial charge is 0.355 e. The van der Waals surface area contributed by atoms with Crippen LogP contribution in [0.3, 0.4) is 0 Å². The summed E-state index contributed by atoms with van der Waals surface area (Å²) in [6, 6.07) is 5.94. The number of rotatable bonds is 6. The Hall–Kier alpha value is -2.28. The first-order valence-corrected chi connectivity index (χ1v) is 8.11. The van der Waals surface area contributed by atoms with E-state index >= 15 is 0 Å². The van der Waals surface area contributed by atoms with Crippen molar-refractivity contribution < 1.29 is 14.0 Å². The summed E-state index contributed by atoms with van der Waals surface area (Å²) >= 11 is 1.22. The maximum absolute atomic E-state index is 13.0. The summed E-state index contributed by atoms with van der Waals surface area (Å²) in [6.07, 6.45) is 0.842. The molecule has 0 unspecified atom stereocenters. The van der Waals surface area contributed by atoms with Crippen LogP contribution in [0.1, 0.15) is 28.7 Å². The SMILES string of the molecule is CCCNC(=O)CNC(=O)c1sc(-c2ccc(F)cc2)nc1C. The zero-order valence-corrected chi connectivity index (χ0v) is 13.8. The Bertz CT molecular complexity index is 698. The third-order valence-electron chi connectivity index (χ3n) is 3.08. The number of carbonyl (C=O) groups excluding carboxylic acids is 2. The Morgan fingerprint density at radius 2 is 1.91 bits per heavy atom. The molecule has 0 aliphatic rings. The van der Waals surface area contributed by atoms with Gasteiger partial charge in [-0.15, -0.1) is 11.3 Å². The normalized spacial score (nSPS) is 10.4. The minimum absolute atomic E-state index is 0.0674. The number of amides is 2. The van der Waals surface area contributed by atoms with Gasteiger partial charge in [-0.25, -0.2) is 9.37 Å². The molecule has 2 N–H and O–H groups in total. The summed E-state index contributed by atoms with van der Waals surface area (Å²) in [4.78, 5) is 28.5. The highest BCUT2D eigenvalue weighted by Gasteiger charge is 2.16. The lowest BCUT2D eigenvalue weighted by Crippen LogP contribution is -2.37. The molecule has 2 rings (SSSR count). The summed E-state index contributed by atoms with van der Waals surface area (Å²) in [5.74, 6) is -0.876. The highest BCUT2D eigenvalue weighted by atomic mass is 32.1. The molecule has 122 valence electrons. The number of aryl methyl sites for hydroxylation is 1. The summed E-state index contributed by atoms with van der Waals surface area (Å²) in [6.45, 7) is 4.21. The van der Waals surface area contributed by atoms with Crippen LogP contribution in [0.4, 0.5) is 4.39 Å². The van der Waals surface area contributed by atoms with Crippen molar-refractivity contribution in [3.05, 3.63) is 40.7 Å². The van der Waals surface area contributed by atoms with Crippen LogP contribution in [0.15, 0.2) is 24.3 Å². The number of thiazole rings is 1. The van der Waals surface area contributed by atoms with Gasteiger partial charge in [0.15, 0.2) is 0 Å². The average molecular weight is 335 g/mol. The van der Waals surface area contributed by atoms with Gasteiger partial charge in [-0.05, 0) is 37.6 Å². The average Bonchev–Trinajstić information content (AvgIpc) is 2.93. The number of nitrogens with one attached hydrogen (secondary N) is 2. The summed E-state index contributed by atoms with van der Waals surface area (Å²) < 4.78 is 13.0. The van der Waals surface area contributed by atoms with Crippen LogP contribution in [0, 0.1) is 12.7 Å². The minimum atomic E-state index is -0.333. The lowest BCUT2D eigenvalue weighted by atomic mass is 10.2. The maximum atomic E-state index is 13.0. The second-order valence-electron chi connectivity index (χ2n) is 4.97. The fourth-order valence-electron chi connectivity index (χ4n) is 1.89. The summed E-state index contributed by atoms with van der Waals surface area (Å²) in [7, 11) is 0. The molecule has 0 saturated carbocycles. The number of halogens is 1. The minimum Gasteiger partial charge on any atom is -0.355 e. The third-order valence-corrected chi connectivity index (χ3v) is 4.28. The molecule has 1 heterocycles. The standard InChI is InChI=1S/C16H18FN3O2S/c1-3-8-18-13(21)9-19-15(22)14-10(2)20-16(23-14)11-4-6-12(17)7-5-11/h4-7H,3,8-9H2,1-2H3,(H,18,21)(H,19,22). The lowest BCUT2D eigenvalue weighted by molar-refractivity contribution is -0.120. The van der Waals surface area contributed by atoms with Crippen LogP contribution in [0.5, 0.6) is 0 Å². The van der Waals surface area contributed by atoms with Gasteiger partial charge >= 0.3 is 0 Å². The van der Waals surface area contributed by atoms with Crippen molar-refractivity contribution in [3.8, 4) is 10.6 Å². The number of carbonyl (C=O) groups is 2. The van der Waals surface area contributed by atoms with E-state index in [1.165, 1.54) is 23.5 Å². The van der Waals surface area contributed by atoms with Gasteiger partial charge in [0.25, 0.3) is 5.91 Å². The molecule has 2 aromatic rings. The first kappa shape index (κ1) is 17.1. The fraction of sp³-hybridized carbons (Fsp3) is 0.312. The van der Waals surface area contributed by atoms with Gasteiger partial charge in [0.2, 0.25) is 5.91 Å². The molecule has 5 nitrogen and oxygen atoms in total. The van der Waals surface area contributed by atoms with Crippen LogP contribution in [-0.4, -0.2) is 29.9 Å². The van der Waals surface area contributed by atoms with Crippen LogP contribution in [-0.2, 0) is 4.79 Å². The molecule has 0 spiro atoms. The molecule has 0 atom stereocenters. The zero-order chi connectivity index (χ0) is 16.8. The number of nitrogens with zero attached hydrogens (tertiary/aromatic N) is 1. The van der Waals surface area contributed by atoms with Gasteiger partial charge in [-0.2, -0.15) is 0 Å². The number of hydrogen-bond acceptors (Lipinski definition) is 4. The van der Waals surface area contributed by atoms with Gasteiger partial charge < -0.3 is 10.6 Å². The predicted molar refractivity (Wildman–Crippen MR) is 87.9 cm³/mol. The first-order valence-electron chi connectivity index (χ1n) is 7.29. The van der Waals surface area contributed by atoms with Gasteiger partial charge in [0, 0.05) is 12.1 Å². The zero-order valence-electron chi connectivity index (χ0n) is 13.0. The molecule has 0 aliphatic carbocycles. The predicted octanol–water partition coefficient (Wildman–Crippen LogP) is 2.51. The molecule has 23 heavy (non-hydrogen) atoms. The molecule has 0 bridgehead atoms. The van der Waals surface area contributed by atoms with E-state index < -0.39 is 0 Å². The van der Waals surface area contributed by atoms with E-state index in [0.29, 0.717) is 22.1 Å². The van der Waals surface area contributed by atoms with Crippen molar-refractivity contribution in [2.75, 3.05) is 13.1 Å². The number of hydrogen-bond donors (Lipinski definition) is 2. The Morgan fingerprint density at radius 3 is 2.57 bits per heavy atom.